The maximum atomic E-state index is 13.5. The number of nitrogens with zero attached hydrogens (tertiary/aromatic N) is 2. The summed E-state index contributed by atoms with van der Waals surface area (Å²) in [5.74, 6) is -0.272. The van der Waals surface area contributed by atoms with Crippen LogP contribution in [-0.2, 0) is 0 Å². The van der Waals surface area contributed by atoms with Gasteiger partial charge in [0.05, 0.1) is 6.26 Å². The largest absolute Gasteiger partial charge is 0.459 e. The highest BCUT2D eigenvalue weighted by atomic mass is 79.9. The second kappa shape index (κ2) is 10.9. The molecule has 3 rings (SSSR count). The Hall–Kier alpha value is -2.90. The molecule has 0 fully saturated rings. The van der Waals surface area contributed by atoms with Crippen LogP contribution in [-0.4, -0.2) is 42.9 Å². The van der Waals surface area contributed by atoms with Gasteiger partial charge < -0.3 is 19.5 Å². The van der Waals surface area contributed by atoms with Gasteiger partial charge in [0.1, 0.15) is 0 Å². The molecule has 31 heavy (non-hydrogen) atoms. The Bertz CT molecular complexity index is 1020. The van der Waals surface area contributed by atoms with Gasteiger partial charge in [-0.3, -0.25) is 9.59 Å². The second-order valence-electron chi connectivity index (χ2n) is 6.98. The molecule has 0 spiro atoms. The molecule has 0 saturated heterocycles. The van der Waals surface area contributed by atoms with E-state index in [1.807, 2.05) is 24.3 Å². The first-order valence-corrected chi connectivity index (χ1v) is 11.1. The van der Waals surface area contributed by atoms with E-state index in [0.717, 1.165) is 29.8 Å². The van der Waals surface area contributed by atoms with Gasteiger partial charge in [-0.1, -0.05) is 41.9 Å². The normalized spacial score (nSPS) is 10.8. The van der Waals surface area contributed by atoms with Crippen LogP contribution in [0.4, 0.5) is 11.4 Å². The van der Waals surface area contributed by atoms with Crippen molar-refractivity contribution in [2.75, 3.05) is 36.4 Å². The average molecular weight is 484 g/mol. The molecule has 0 aliphatic heterocycles. The first-order valence-electron chi connectivity index (χ1n) is 10.3. The Morgan fingerprint density at radius 2 is 1.74 bits per heavy atom. The third-order valence-electron chi connectivity index (χ3n) is 5.01. The Morgan fingerprint density at radius 3 is 2.42 bits per heavy atom. The van der Waals surface area contributed by atoms with Crippen molar-refractivity contribution < 1.29 is 14.0 Å². The monoisotopic (exact) mass is 483 g/mol. The number of likely N-dealkylation sites (N-methyl/N-ethyl adjacent to an activating group) is 1. The zero-order valence-electron chi connectivity index (χ0n) is 17.7. The second-order valence-corrected chi connectivity index (χ2v) is 7.89. The van der Waals surface area contributed by atoms with Crippen LogP contribution in [0, 0.1) is 0 Å². The molecule has 0 atom stereocenters. The van der Waals surface area contributed by atoms with Crippen molar-refractivity contribution in [1.29, 1.82) is 0 Å². The van der Waals surface area contributed by atoms with Gasteiger partial charge in [-0.2, -0.15) is 0 Å². The Balaban J connectivity index is 1.83. The lowest BCUT2D eigenvalue weighted by molar-refractivity contribution is 0.0978. The molecular formula is C24H26BrN3O3. The van der Waals surface area contributed by atoms with Gasteiger partial charge in [0.2, 0.25) is 0 Å². The van der Waals surface area contributed by atoms with E-state index in [9.17, 15) is 9.59 Å². The average Bonchev–Trinajstić information content (AvgIpc) is 3.32. The molecule has 1 aromatic heterocycles. The molecule has 0 aliphatic rings. The van der Waals surface area contributed by atoms with Crippen molar-refractivity contribution in [2.45, 2.75) is 13.8 Å². The molecule has 162 valence electrons. The zero-order chi connectivity index (χ0) is 22.2. The quantitative estimate of drug-likeness (QED) is 0.449. The molecule has 0 aliphatic carbocycles. The molecule has 0 radical (unpaired) electrons. The minimum Gasteiger partial charge on any atom is -0.459 e. The number of carbonyl (C=O) groups is 2. The lowest BCUT2D eigenvalue weighted by Crippen LogP contribution is -2.39. The van der Waals surface area contributed by atoms with Crippen LogP contribution in [0.1, 0.15) is 34.8 Å². The zero-order valence-corrected chi connectivity index (χ0v) is 19.3. The summed E-state index contributed by atoms with van der Waals surface area (Å²) in [5.41, 5.74) is 1.85. The summed E-state index contributed by atoms with van der Waals surface area (Å²) in [6.45, 7) is 7.39. The first-order chi connectivity index (χ1) is 15.0. The van der Waals surface area contributed by atoms with E-state index >= 15 is 0 Å². The van der Waals surface area contributed by atoms with Crippen LogP contribution in [0.5, 0.6) is 0 Å². The van der Waals surface area contributed by atoms with Crippen LogP contribution in [0.25, 0.3) is 0 Å². The van der Waals surface area contributed by atoms with Crippen molar-refractivity contribution >= 4 is 39.1 Å². The maximum Gasteiger partial charge on any atom is 0.291 e. The molecule has 0 saturated carbocycles. The highest BCUT2D eigenvalue weighted by Gasteiger charge is 2.20. The van der Waals surface area contributed by atoms with Crippen molar-refractivity contribution in [3.63, 3.8) is 0 Å². The number of rotatable bonds is 9. The minimum atomic E-state index is -0.361. The molecule has 3 aromatic rings. The molecule has 0 bridgehead atoms. The summed E-state index contributed by atoms with van der Waals surface area (Å²) in [6, 6.07) is 17.9. The number of furan rings is 1. The van der Waals surface area contributed by atoms with Crippen LogP contribution in [0.15, 0.2) is 75.8 Å². The Kier molecular flexibility index (Phi) is 8.03. The van der Waals surface area contributed by atoms with Gasteiger partial charge in [0.15, 0.2) is 5.76 Å². The van der Waals surface area contributed by atoms with Crippen molar-refractivity contribution in [3.05, 3.63) is 82.7 Å². The smallest absolute Gasteiger partial charge is 0.291 e. The fourth-order valence-corrected chi connectivity index (χ4v) is 3.65. The van der Waals surface area contributed by atoms with Gasteiger partial charge in [0, 0.05) is 34.5 Å². The minimum absolute atomic E-state index is 0.126. The summed E-state index contributed by atoms with van der Waals surface area (Å²) in [5, 5.41) is 2.78. The van der Waals surface area contributed by atoms with Crippen molar-refractivity contribution in [3.8, 4) is 0 Å². The Labute approximate surface area is 191 Å². The standard InChI is InChI=1S/C24H26BrN3O3/c1-3-27(4-2)13-14-28(21-11-6-9-19(25)17-21)24(30)18-8-5-10-20(16-18)26-23(29)22-12-7-15-31-22/h5-12,15-17H,3-4,13-14H2,1-2H3,(H,26,29). The number of hydrogen-bond donors (Lipinski definition) is 1. The third-order valence-corrected chi connectivity index (χ3v) is 5.50. The summed E-state index contributed by atoms with van der Waals surface area (Å²) in [4.78, 5) is 29.8. The van der Waals surface area contributed by atoms with E-state index in [0.29, 0.717) is 17.8 Å². The molecule has 1 heterocycles. The van der Waals surface area contributed by atoms with E-state index < -0.39 is 0 Å². The lowest BCUT2D eigenvalue weighted by atomic mass is 10.1. The number of amides is 2. The van der Waals surface area contributed by atoms with Gasteiger partial charge >= 0.3 is 0 Å². The molecule has 6 nitrogen and oxygen atoms in total. The Morgan fingerprint density at radius 1 is 0.968 bits per heavy atom. The van der Waals surface area contributed by atoms with Crippen LogP contribution >= 0.6 is 15.9 Å². The number of carbonyl (C=O) groups excluding carboxylic acids is 2. The molecular weight excluding hydrogens is 458 g/mol. The van der Waals surface area contributed by atoms with E-state index in [-0.39, 0.29) is 17.6 Å². The van der Waals surface area contributed by atoms with E-state index in [1.54, 1.807) is 41.3 Å². The number of nitrogens with one attached hydrogen (secondary N) is 1. The van der Waals surface area contributed by atoms with Gasteiger partial charge in [-0.05, 0) is 61.6 Å². The highest BCUT2D eigenvalue weighted by Crippen LogP contribution is 2.23. The van der Waals surface area contributed by atoms with Crippen molar-refractivity contribution in [2.24, 2.45) is 0 Å². The molecule has 0 unspecified atom stereocenters. The summed E-state index contributed by atoms with van der Waals surface area (Å²) < 4.78 is 6.04. The van der Waals surface area contributed by atoms with E-state index in [2.05, 4.69) is 40.0 Å². The molecule has 2 aromatic carbocycles. The van der Waals surface area contributed by atoms with Gasteiger partial charge in [-0.25, -0.2) is 0 Å². The predicted octanol–water partition coefficient (Wildman–Crippen LogP) is 5.28. The van der Waals surface area contributed by atoms with Crippen molar-refractivity contribution in [1.82, 2.24) is 4.90 Å². The van der Waals surface area contributed by atoms with E-state index in [1.165, 1.54) is 6.26 Å². The summed E-state index contributed by atoms with van der Waals surface area (Å²) >= 11 is 3.50. The summed E-state index contributed by atoms with van der Waals surface area (Å²) in [7, 11) is 0. The maximum absolute atomic E-state index is 13.5. The van der Waals surface area contributed by atoms with Crippen LogP contribution in [0.2, 0.25) is 0 Å². The first kappa shape index (κ1) is 22.8. The fourth-order valence-electron chi connectivity index (χ4n) is 3.26. The highest BCUT2D eigenvalue weighted by molar-refractivity contribution is 9.10. The number of hydrogen-bond acceptors (Lipinski definition) is 4. The molecule has 7 heteroatoms. The topological polar surface area (TPSA) is 65.8 Å². The third kappa shape index (κ3) is 6.06. The predicted molar refractivity (Wildman–Crippen MR) is 127 cm³/mol. The van der Waals surface area contributed by atoms with Crippen LogP contribution in [0.3, 0.4) is 0 Å². The fraction of sp³-hybridized carbons (Fsp3) is 0.250. The van der Waals surface area contributed by atoms with Gasteiger partial charge in [0.25, 0.3) is 11.8 Å². The molecule has 2 amide bonds. The van der Waals surface area contributed by atoms with Gasteiger partial charge in [-0.15, -0.1) is 0 Å². The number of anilines is 2. The number of benzene rings is 2. The van der Waals surface area contributed by atoms with Crippen LogP contribution < -0.4 is 10.2 Å². The van der Waals surface area contributed by atoms with E-state index in [4.69, 9.17) is 4.42 Å². The lowest BCUT2D eigenvalue weighted by Gasteiger charge is -2.27. The SMILES string of the molecule is CCN(CC)CCN(C(=O)c1cccc(NC(=O)c2ccco2)c1)c1cccc(Br)c1. The number of halogens is 1. The molecule has 1 N–H and O–H groups in total. The summed E-state index contributed by atoms with van der Waals surface area (Å²) in [6.07, 6.45) is 1.45.